The van der Waals surface area contributed by atoms with Crippen LogP contribution in [0.4, 0.5) is 5.69 Å². The zero-order valence-corrected chi connectivity index (χ0v) is 16.7. The fraction of sp³-hybridized carbons (Fsp3) is 0.455. The maximum atomic E-state index is 10.7. The first kappa shape index (κ1) is 21.2. The topological polar surface area (TPSA) is 79.1 Å². The molecule has 1 heterocycles. The maximum Gasteiger partial charge on any atom is 0.269 e. The molecule has 1 N–H and O–H groups in total. The van der Waals surface area contributed by atoms with Gasteiger partial charge in [-0.25, -0.2) is 0 Å². The molecule has 156 valence electrons. The second kappa shape index (κ2) is 10.9. The van der Waals surface area contributed by atoms with Crippen LogP contribution in [0.5, 0.6) is 5.75 Å². The van der Waals surface area contributed by atoms with Gasteiger partial charge < -0.3 is 14.7 Å². The van der Waals surface area contributed by atoms with Crippen LogP contribution in [0.25, 0.3) is 0 Å². The van der Waals surface area contributed by atoms with Crippen molar-refractivity contribution in [3.05, 3.63) is 70.3 Å². The number of ether oxygens (including phenoxy) is 1. The summed E-state index contributed by atoms with van der Waals surface area (Å²) in [5.74, 6) is 0.526. The van der Waals surface area contributed by atoms with Crippen molar-refractivity contribution in [2.75, 3.05) is 45.9 Å². The minimum Gasteiger partial charge on any atom is -0.491 e. The monoisotopic (exact) mass is 399 g/mol. The average Bonchev–Trinajstić information content (AvgIpc) is 2.97. The highest BCUT2D eigenvalue weighted by atomic mass is 16.6. The van der Waals surface area contributed by atoms with E-state index < -0.39 is 11.0 Å². The Labute approximate surface area is 171 Å². The van der Waals surface area contributed by atoms with Crippen LogP contribution in [-0.2, 0) is 6.42 Å². The Kier molecular flexibility index (Phi) is 7.98. The summed E-state index contributed by atoms with van der Waals surface area (Å²) in [5, 5.41) is 21.0. The first-order valence-electron chi connectivity index (χ1n) is 10.1. The van der Waals surface area contributed by atoms with E-state index in [9.17, 15) is 15.2 Å². The number of rotatable bonds is 9. The number of aliphatic hydroxyl groups excluding tert-OH is 1. The Hall–Kier alpha value is -2.48. The maximum absolute atomic E-state index is 10.7. The molecule has 0 bridgehead atoms. The highest BCUT2D eigenvalue weighted by Crippen LogP contribution is 2.17. The first-order chi connectivity index (χ1) is 14.1. The normalized spacial score (nSPS) is 16.9. The summed E-state index contributed by atoms with van der Waals surface area (Å²) in [4.78, 5) is 15.0. The van der Waals surface area contributed by atoms with Gasteiger partial charge in [0.2, 0.25) is 0 Å². The Bertz CT molecular complexity index is 754. The van der Waals surface area contributed by atoms with Crippen molar-refractivity contribution in [3.63, 3.8) is 0 Å². The summed E-state index contributed by atoms with van der Waals surface area (Å²) in [6.07, 6.45) is 1.55. The second-order valence-corrected chi connectivity index (χ2v) is 7.45. The van der Waals surface area contributed by atoms with E-state index in [-0.39, 0.29) is 12.3 Å². The molecular formula is C22H29N3O4. The average molecular weight is 399 g/mol. The SMILES string of the molecule is O=[N+]([O-])c1ccc(OCC(O)CN2CCCN(CCc3ccccc3)CC2)cc1. The number of benzene rings is 2. The molecule has 1 unspecified atom stereocenters. The van der Waals surface area contributed by atoms with E-state index in [1.807, 2.05) is 6.07 Å². The van der Waals surface area contributed by atoms with Crippen LogP contribution in [0.15, 0.2) is 54.6 Å². The Balaban J connectivity index is 1.37. The van der Waals surface area contributed by atoms with Gasteiger partial charge >= 0.3 is 0 Å². The molecule has 3 rings (SSSR count). The highest BCUT2D eigenvalue weighted by Gasteiger charge is 2.18. The van der Waals surface area contributed by atoms with Crippen LogP contribution in [-0.4, -0.2) is 71.8 Å². The summed E-state index contributed by atoms with van der Waals surface area (Å²) in [5.41, 5.74) is 1.40. The van der Waals surface area contributed by atoms with Gasteiger partial charge in [-0.15, -0.1) is 0 Å². The molecule has 0 saturated carbocycles. The summed E-state index contributed by atoms with van der Waals surface area (Å²) in [6, 6.07) is 16.5. The third-order valence-electron chi connectivity index (χ3n) is 5.20. The lowest BCUT2D eigenvalue weighted by molar-refractivity contribution is -0.384. The van der Waals surface area contributed by atoms with Crippen molar-refractivity contribution >= 4 is 5.69 Å². The predicted octanol–water partition coefficient (Wildman–Crippen LogP) is 2.58. The van der Waals surface area contributed by atoms with Gasteiger partial charge in [-0.05, 0) is 43.6 Å². The smallest absolute Gasteiger partial charge is 0.269 e. The Morgan fingerprint density at radius 2 is 1.69 bits per heavy atom. The summed E-state index contributed by atoms with van der Waals surface area (Å²) in [7, 11) is 0. The molecule has 1 aliphatic heterocycles. The predicted molar refractivity (Wildman–Crippen MR) is 112 cm³/mol. The molecular weight excluding hydrogens is 370 g/mol. The zero-order chi connectivity index (χ0) is 20.5. The van der Waals surface area contributed by atoms with Crippen molar-refractivity contribution in [2.24, 2.45) is 0 Å². The molecule has 0 amide bonds. The zero-order valence-electron chi connectivity index (χ0n) is 16.7. The molecule has 1 aliphatic rings. The van der Waals surface area contributed by atoms with Gasteiger partial charge in [0.1, 0.15) is 18.5 Å². The molecule has 7 heteroatoms. The van der Waals surface area contributed by atoms with Crippen LogP contribution >= 0.6 is 0 Å². The van der Waals surface area contributed by atoms with Crippen molar-refractivity contribution in [1.82, 2.24) is 9.80 Å². The summed E-state index contributed by atoms with van der Waals surface area (Å²) >= 11 is 0. The Morgan fingerprint density at radius 1 is 1.00 bits per heavy atom. The van der Waals surface area contributed by atoms with Crippen molar-refractivity contribution in [2.45, 2.75) is 18.9 Å². The Morgan fingerprint density at radius 3 is 2.41 bits per heavy atom. The second-order valence-electron chi connectivity index (χ2n) is 7.45. The number of nitro benzene ring substituents is 1. The molecule has 29 heavy (non-hydrogen) atoms. The molecule has 7 nitrogen and oxygen atoms in total. The van der Waals surface area contributed by atoms with Crippen LogP contribution in [0.1, 0.15) is 12.0 Å². The third kappa shape index (κ3) is 7.12. The van der Waals surface area contributed by atoms with E-state index in [2.05, 4.69) is 34.1 Å². The van der Waals surface area contributed by atoms with Gasteiger partial charge in [0.25, 0.3) is 5.69 Å². The number of nitro groups is 1. The van der Waals surface area contributed by atoms with E-state index in [1.165, 1.54) is 17.7 Å². The summed E-state index contributed by atoms with van der Waals surface area (Å²) < 4.78 is 5.57. The van der Waals surface area contributed by atoms with Gasteiger partial charge in [0.05, 0.1) is 4.92 Å². The lowest BCUT2D eigenvalue weighted by Crippen LogP contribution is -2.38. The van der Waals surface area contributed by atoms with Crippen molar-refractivity contribution < 1.29 is 14.8 Å². The van der Waals surface area contributed by atoms with Gasteiger partial charge in [-0.1, -0.05) is 30.3 Å². The number of hydrogen-bond donors (Lipinski definition) is 1. The summed E-state index contributed by atoms with van der Waals surface area (Å²) in [6.45, 7) is 5.79. The molecule has 1 saturated heterocycles. The fourth-order valence-electron chi connectivity index (χ4n) is 3.57. The van der Waals surface area contributed by atoms with Crippen LogP contribution in [0, 0.1) is 10.1 Å². The van der Waals surface area contributed by atoms with Gasteiger partial charge in [-0.3, -0.25) is 15.0 Å². The largest absolute Gasteiger partial charge is 0.491 e. The first-order valence-corrected chi connectivity index (χ1v) is 10.1. The van der Waals surface area contributed by atoms with Crippen LogP contribution < -0.4 is 4.74 Å². The molecule has 2 aromatic carbocycles. The van der Waals surface area contributed by atoms with E-state index in [0.29, 0.717) is 12.3 Å². The molecule has 1 fully saturated rings. The highest BCUT2D eigenvalue weighted by molar-refractivity contribution is 5.35. The number of aliphatic hydroxyl groups is 1. The standard InChI is InChI=1S/C22H29N3O4/c26-21(18-29-22-9-7-20(8-10-22)25(27)28)17-24-13-4-12-23(15-16-24)14-11-19-5-2-1-3-6-19/h1-3,5-10,21,26H,4,11-18H2. The number of non-ortho nitro benzene ring substituents is 1. The molecule has 0 aromatic heterocycles. The molecule has 2 aromatic rings. The third-order valence-corrected chi connectivity index (χ3v) is 5.20. The van der Waals surface area contributed by atoms with Gasteiger partial charge in [0.15, 0.2) is 0 Å². The van der Waals surface area contributed by atoms with E-state index >= 15 is 0 Å². The molecule has 1 atom stereocenters. The molecule has 0 spiro atoms. The van der Waals surface area contributed by atoms with E-state index in [4.69, 9.17) is 4.74 Å². The van der Waals surface area contributed by atoms with Crippen molar-refractivity contribution in [1.29, 1.82) is 0 Å². The molecule has 0 aliphatic carbocycles. The van der Waals surface area contributed by atoms with Gasteiger partial charge in [-0.2, -0.15) is 0 Å². The van der Waals surface area contributed by atoms with Gasteiger partial charge in [0, 0.05) is 38.3 Å². The lowest BCUT2D eigenvalue weighted by Gasteiger charge is -2.24. The molecule has 0 radical (unpaired) electrons. The number of nitrogens with zero attached hydrogens (tertiary/aromatic N) is 3. The number of β-amino-alcohol motifs (C(OH)–C–C–N with tert-alkyl or cyclic N) is 1. The van der Waals surface area contributed by atoms with E-state index in [1.54, 1.807) is 12.1 Å². The van der Waals surface area contributed by atoms with Crippen LogP contribution in [0.3, 0.4) is 0 Å². The van der Waals surface area contributed by atoms with E-state index in [0.717, 1.165) is 45.6 Å². The minimum atomic E-state index is -0.596. The number of hydrogen-bond acceptors (Lipinski definition) is 6. The quantitative estimate of drug-likeness (QED) is 0.516. The minimum absolute atomic E-state index is 0.0271. The van der Waals surface area contributed by atoms with Crippen molar-refractivity contribution in [3.8, 4) is 5.75 Å². The fourth-order valence-corrected chi connectivity index (χ4v) is 3.57. The lowest BCUT2D eigenvalue weighted by atomic mass is 10.1. The van der Waals surface area contributed by atoms with Crippen LogP contribution in [0.2, 0.25) is 0 Å².